The van der Waals surface area contributed by atoms with Gasteiger partial charge >= 0.3 is 26.8 Å². The van der Waals surface area contributed by atoms with Crippen molar-refractivity contribution in [3.63, 3.8) is 0 Å². The number of carbonyl (C=O) groups is 7. The summed E-state index contributed by atoms with van der Waals surface area (Å²) in [7, 11) is -9.33. The Morgan fingerprint density at radius 1 is 0.946 bits per heavy atom. The molecule has 2 heterocycles. The first-order valence-corrected chi connectivity index (χ1v) is 18.7. The Bertz CT molecular complexity index is 1650. The van der Waals surface area contributed by atoms with Gasteiger partial charge < -0.3 is 71.2 Å². The number of nitrogens with two attached hydrogens (primary N) is 5. The van der Waals surface area contributed by atoms with E-state index in [1.165, 1.54) is 6.92 Å². The van der Waals surface area contributed by atoms with Gasteiger partial charge in [0.1, 0.15) is 29.9 Å². The first-order valence-electron chi connectivity index (χ1n) is 15.9. The standard InChI is InChI=1S/C25H44N14O7.2H2O4S/c1-11-19(41)36-15(9-32-17(40)7-12(27)3-2-5-26)21(43)37-16(10-34-25(30)46)22(44)39-18(14-4-6-31-24(29)38-14)23(45)33-8-13(28)20(42)35-11;2*1-5(2,3)4/h10-15,18H,2-9,26-28H2,1H3,(H,32,40)(H,33,45)(H,35,42)(H,36,41)(H,37,43)(H,39,44)(H3,29,31,38)(H3,30,34,46);2*(H2,1,2,3,4)/b16-10-;;/t11-,12-,13-,14+,15-,18-;;/m0../s1. The summed E-state index contributed by atoms with van der Waals surface area (Å²) in [5, 5.41) is 19.4. The third kappa shape index (κ3) is 24.2. The number of carbonyl (C=O) groups excluding carboxylic acids is 7. The van der Waals surface area contributed by atoms with Crippen molar-refractivity contribution < 1.29 is 68.6 Å². The van der Waals surface area contributed by atoms with Gasteiger partial charge in [0.05, 0.1) is 6.04 Å². The lowest BCUT2D eigenvalue weighted by Gasteiger charge is -2.31. The summed E-state index contributed by atoms with van der Waals surface area (Å²) < 4.78 is 63.2. The molecule has 0 radical (unpaired) electrons. The highest BCUT2D eigenvalue weighted by Crippen LogP contribution is 2.07. The zero-order chi connectivity index (χ0) is 43.4. The van der Waals surface area contributed by atoms with Crippen LogP contribution in [0.3, 0.4) is 0 Å². The van der Waals surface area contributed by atoms with Gasteiger partial charge in [-0.25, -0.2) is 4.79 Å². The Kier molecular flexibility index (Phi) is 22.0. The van der Waals surface area contributed by atoms with Gasteiger partial charge in [-0.05, 0) is 32.7 Å². The largest absolute Gasteiger partial charge is 0.394 e. The minimum absolute atomic E-state index is 0.0101. The highest BCUT2D eigenvalue weighted by atomic mass is 32.3. The van der Waals surface area contributed by atoms with Crippen molar-refractivity contribution in [3.05, 3.63) is 11.9 Å². The fourth-order valence-corrected chi connectivity index (χ4v) is 4.28. The van der Waals surface area contributed by atoms with Crippen LogP contribution in [0.1, 0.15) is 32.6 Å². The molecule has 29 nitrogen and oxygen atoms in total. The summed E-state index contributed by atoms with van der Waals surface area (Å²) in [5.41, 5.74) is 27.7. The van der Waals surface area contributed by atoms with Crippen LogP contribution in [0.15, 0.2) is 16.9 Å². The number of aliphatic imine (C=N–C) groups is 1. The molecule has 0 bridgehead atoms. The number of nitrogens with one attached hydrogen (secondary N) is 8. The molecule has 320 valence electrons. The van der Waals surface area contributed by atoms with Gasteiger partial charge in [-0.2, -0.15) is 16.8 Å². The molecule has 1 fully saturated rings. The quantitative estimate of drug-likeness (QED) is 0.0756. The number of hydrogen-bond donors (Lipinski definition) is 17. The predicted molar refractivity (Wildman–Crippen MR) is 192 cm³/mol. The normalized spacial score (nSPS) is 23.9. The lowest BCUT2D eigenvalue weighted by Crippen LogP contribution is -2.63. The number of guanidine groups is 1. The van der Waals surface area contributed by atoms with Gasteiger partial charge in [-0.1, -0.05) is 0 Å². The minimum Gasteiger partial charge on any atom is -0.370 e. The number of primary amides is 1. The molecule has 6 atom stereocenters. The van der Waals surface area contributed by atoms with E-state index in [1.807, 2.05) is 0 Å². The van der Waals surface area contributed by atoms with Crippen LogP contribution < -0.4 is 71.2 Å². The number of urea groups is 1. The van der Waals surface area contributed by atoms with E-state index in [9.17, 15) is 33.6 Å². The van der Waals surface area contributed by atoms with E-state index < -0.39 is 111 Å². The minimum atomic E-state index is -4.67. The summed E-state index contributed by atoms with van der Waals surface area (Å²) in [6, 6.07) is -7.79. The fraction of sp³-hybridized carbons (Fsp3) is 0.600. The van der Waals surface area contributed by atoms with E-state index in [4.69, 9.17) is 63.7 Å². The van der Waals surface area contributed by atoms with E-state index in [0.717, 1.165) is 6.20 Å². The summed E-state index contributed by atoms with van der Waals surface area (Å²) in [6.07, 6.45) is 2.01. The SMILES string of the molecule is C[C@@H]1NC(=O)[C@@H](N)CNC(=O)[C@H]([C@H]2CCN=C(N)N2)NC(=O)/C(=C/NC(N)=O)NC(=O)[C@H](CNC(=O)C[C@@H](N)CCCN)NC1=O.O=S(=O)(O)O.O=S(=O)(O)O. The lowest BCUT2D eigenvalue weighted by atomic mass is 10.0. The molecule has 0 unspecified atom stereocenters. The molecule has 0 aromatic carbocycles. The lowest BCUT2D eigenvalue weighted by molar-refractivity contribution is -0.133. The molecule has 31 heteroatoms. The monoisotopic (exact) mass is 848 g/mol. The molecule has 0 aromatic heterocycles. The third-order valence-corrected chi connectivity index (χ3v) is 6.84. The second-order valence-corrected chi connectivity index (χ2v) is 13.3. The fourth-order valence-electron chi connectivity index (χ4n) is 4.28. The highest BCUT2D eigenvalue weighted by Gasteiger charge is 2.35. The van der Waals surface area contributed by atoms with Crippen LogP contribution in [-0.2, 0) is 49.6 Å². The number of amides is 8. The molecule has 0 spiro atoms. The van der Waals surface area contributed by atoms with Crippen LogP contribution >= 0.6 is 0 Å². The van der Waals surface area contributed by atoms with Crippen molar-refractivity contribution in [1.82, 2.24) is 42.5 Å². The summed E-state index contributed by atoms with van der Waals surface area (Å²) in [4.78, 5) is 93.7. The summed E-state index contributed by atoms with van der Waals surface area (Å²) in [5.74, 6) is -5.04. The molecular weight excluding hydrogens is 800 g/mol. The predicted octanol–water partition coefficient (Wildman–Crippen LogP) is -8.51. The van der Waals surface area contributed by atoms with E-state index in [-0.39, 0.29) is 31.9 Å². The van der Waals surface area contributed by atoms with Crippen LogP contribution in [0.25, 0.3) is 0 Å². The Morgan fingerprint density at radius 2 is 1.54 bits per heavy atom. The summed E-state index contributed by atoms with van der Waals surface area (Å²) >= 11 is 0. The van der Waals surface area contributed by atoms with Crippen molar-refractivity contribution in [1.29, 1.82) is 0 Å². The molecule has 0 aliphatic carbocycles. The third-order valence-electron chi connectivity index (χ3n) is 6.84. The smallest absolute Gasteiger partial charge is 0.370 e. The molecule has 22 N–H and O–H groups in total. The molecular formula is C25H48N14O15S2. The maximum atomic E-state index is 13.4. The van der Waals surface area contributed by atoms with Crippen LogP contribution in [0.4, 0.5) is 4.79 Å². The molecule has 2 aliphatic heterocycles. The Labute approximate surface area is 319 Å². The van der Waals surface area contributed by atoms with Gasteiger partial charge in [0.2, 0.25) is 29.5 Å². The van der Waals surface area contributed by atoms with E-state index in [0.29, 0.717) is 19.4 Å². The molecule has 8 amide bonds. The molecule has 56 heavy (non-hydrogen) atoms. The Morgan fingerprint density at radius 3 is 2.07 bits per heavy atom. The van der Waals surface area contributed by atoms with Crippen molar-refractivity contribution in [3.8, 4) is 0 Å². The second kappa shape index (κ2) is 24.3. The van der Waals surface area contributed by atoms with Crippen LogP contribution in [0.2, 0.25) is 0 Å². The number of rotatable bonds is 9. The molecule has 1 saturated heterocycles. The average Bonchev–Trinajstić information content (AvgIpc) is 3.06. The van der Waals surface area contributed by atoms with Crippen molar-refractivity contribution in [2.75, 3.05) is 26.2 Å². The molecule has 2 aliphatic rings. The van der Waals surface area contributed by atoms with Gasteiger partial charge in [-0.15, -0.1) is 0 Å². The van der Waals surface area contributed by atoms with Gasteiger partial charge in [0, 0.05) is 38.3 Å². The van der Waals surface area contributed by atoms with E-state index in [2.05, 4.69) is 47.5 Å². The first kappa shape index (κ1) is 50.7. The zero-order valence-electron chi connectivity index (χ0n) is 29.6. The summed E-state index contributed by atoms with van der Waals surface area (Å²) in [6.45, 7) is 1.08. The maximum absolute atomic E-state index is 13.4. The average molecular weight is 849 g/mol. The zero-order valence-corrected chi connectivity index (χ0v) is 31.3. The first-order chi connectivity index (χ1) is 25.7. The van der Waals surface area contributed by atoms with Gasteiger partial charge in [0.25, 0.3) is 5.91 Å². The molecule has 0 saturated carbocycles. The van der Waals surface area contributed by atoms with Gasteiger partial charge in [-0.3, -0.25) is 52.0 Å². The van der Waals surface area contributed by atoms with Crippen molar-refractivity contribution in [2.45, 2.75) is 68.9 Å². The van der Waals surface area contributed by atoms with Crippen LogP contribution in [-0.4, -0.2) is 145 Å². The Balaban J connectivity index is 0.00000267. The van der Waals surface area contributed by atoms with E-state index in [1.54, 1.807) is 0 Å². The molecule has 2 rings (SSSR count). The number of hydrogen-bond acceptors (Lipinski definition) is 17. The van der Waals surface area contributed by atoms with E-state index >= 15 is 0 Å². The van der Waals surface area contributed by atoms with Crippen LogP contribution in [0, 0.1) is 0 Å². The van der Waals surface area contributed by atoms with Crippen molar-refractivity contribution >= 4 is 68.2 Å². The number of nitrogens with zero attached hydrogens (tertiary/aromatic N) is 1. The maximum Gasteiger partial charge on any atom is 0.394 e. The topological polar surface area (TPSA) is 507 Å². The highest BCUT2D eigenvalue weighted by molar-refractivity contribution is 7.80. The molecule has 0 aromatic rings. The Hall–Kier alpha value is -5.28. The van der Waals surface area contributed by atoms with Gasteiger partial charge in [0.15, 0.2) is 5.96 Å². The van der Waals surface area contributed by atoms with Crippen LogP contribution in [0.5, 0.6) is 0 Å². The second-order valence-electron chi connectivity index (χ2n) is 11.6. The van der Waals surface area contributed by atoms with Crippen molar-refractivity contribution in [2.24, 2.45) is 33.7 Å².